The van der Waals surface area contributed by atoms with Gasteiger partial charge in [0.05, 0.1) is 11.5 Å². The third-order valence-electron chi connectivity index (χ3n) is 1.52. The molecule has 82 valence electrons. The van der Waals surface area contributed by atoms with Crippen molar-refractivity contribution in [2.24, 2.45) is 0 Å². The van der Waals surface area contributed by atoms with Crippen LogP contribution < -0.4 is 0 Å². The molecule has 1 heterocycles. The van der Waals surface area contributed by atoms with E-state index in [1.165, 1.54) is 12.1 Å². The minimum atomic E-state index is -1.10. The van der Waals surface area contributed by atoms with Gasteiger partial charge >= 0.3 is 5.97 Å². The number of halogens is 2. The zero-order chi connectivity index (χ0) is 11.4. The van der Waals surface area contributed by atoms with Crippen LogP contribution in [-0.2, 0) is 4.74 Å². The van der Waals surface area contributed by atoms with E-state index in [0.29, 0.717) is 16.4 Å². The third kappa shape index (κ3) is 3.19. The average molecular weight is 267 g/mol. The number of carbonyl (C=O) groups excluding carboxylic acids is 2. The molecule has 15 heavy (non-hydrogen) atoms. The number of Topliss-reactive ketones (excluding diaryl/α,β-unsaturated/α-hetero) is 1. The molecule has 0 aliphatic heterocycles. The van der Waals surface area contributed by atoms with E-state index in [9.17, 15) is 9.59 Å². The largest absolute Gasteiger partial charge is 0.462 e. The fourth-order valence-corrected chi connectivity index (χ4v) is 2.12. The van der Waals surface area contributed by atoms with Crippen molar-refractivity contribution in [3.8, 4) is 0 Å². The van der Waals surface area contributed by atoms with Crippen molar-refractivity contribution in [3.63, 3.8) is 0 Å². The molecule has 0 amide bonds. The van der Waals surface area contributed by atoms with Gasteiger partial charge in [-0.15, -0.1) is 11.3 Å². The van der Waals surface area contributed by atoms with Crippen LogP contribution in [0.1, 0.15) is 26.3 Å². The van der Waals surface area contributed by atoms with Crippen LogP contribution in [0.3, 0.4) is 0 Å². The van der Waals surface area contributed by atoms with E-state index in [4.69, 9.17) is 27.9 Å². The fourth-order valence-electron chi connectivity index (χ4n) is 0.890. The van der Waals surface area contributed by atoms with E-state index >= 15 is 0 Å². The molecule has 0 fully saturated rings. The lowest BCUT2D eigenvalue weighted by molar-refractivity contribution is 0.0532. The Hall–Kier alpha value is -0.580. The average Bonchev–Trinajstić information content (AvgIpc) is 2.65. The van der Waals surface area contributed by atoms with Gasteiger partial charge in [0.15, 0.2) is 4.84 Å². The maximum absolute atomic E-state index is 11.3. The van der Waals surface area contributed by atoms with E-state index in [-0.39, 0.29) is 0 Å². The Morgan fingerprint density at radius 1 is 1.40 bits per heavy atom. The van der Waals surface area contributed by atoms with E-state index in [2.05, 4.69) is 0 Å². The topological polar surface area (TPSA) is 43.4 Å². The molecule has 0 bridgehead atoms. The number of thiophene rings is 1. The molecule has 0 N–H and O–H groups in total. The standard InChI is InChI=1S/C9H8Cl2O3S/c1-2-14-9(13)6-4-3-5(15-6)7(12)8(10)11/h3-4,8H,2H2,1H3. The van der Waals surface area contributed by atoms with Gasteiger partial charge < -0.3 is 4.74 Å². The fraction of sp³-hybridized carbons (Fsp3) is 0.333. The number of hydrogen-bond acceptors (Lipinski definition) is 4. The molecular weight excluding hydrogens is 259 g/mol. The molecule has 0 aromatic carbocycles. The summed E-state index contributed by atoms with van der Waals surface area (Å²) in [5.74, 6) is -0.846. The van der Waals surface area contributed by atoms with Crippen LogP contribution in [0.4, 0.5) is 0 Å². The molecule has 1 rings (SSSR count). The Bertz CT molecular complexity index is 373. The van der Waals surface area contributed by atoms with Crippen LogP contribution in [0.15, 0.2) is 12.1 Å². The molecule has 0 aliphatic carbocycles. The van der Waals surface area contributed by atoms with Crippen molar-refractivity contribution in [2.75, 3.05) is 6.61 Å². The molecule has 0 saturated heterocycles. The quantitative estimate of drug-likeness (QED) is 0.478. The smallest absolute Gasteiger partial charge is 0.348 e. The van der Waals surface area contributed by atoms with Gasteiger partial charge in [-0.1, -0.05) is 23.2 Å². The summed E-state index contributed by atoms with van der Waals surface area (Å²) in [6.45, 7) is 2.01. The monoisotopic (exact) mass is 266 g/mol. The summed E-state index contributed by atoms with van der Waals surface area (Å²) in [5, 5.41) is 0. The van der Waals surface area contributed by atoms with Gasteiger partial charge in [0.2, 0.25) is 5.78 Å². The maximum Gasteiger partial charge on any atom is 0.348 e. The molecule has 3 nitrogen and oxygen atoms in total. The van der Waals surface area contributed by atoms with Gasteiger partial charge in [-0.3, -0.25) is 4.79 Å². The molecule has 1 aromatic rings. The van der Waals surface area contributed by atoms with Gasteiger partial charge in [0, 0.05) is 0 Å². The number of ether oxygens (including phenoxy) is 1. The first-order valence-electron chi connectivity index (χ1n) is 4.15. The summed E-state index contributed by atoms with van der Waals surface area (Å²) < 4.78 is 4.78. The SMILES string of the molecule is CCOC(=O)c1ccc(C(=O)C(Cl)Cl)s1. The van der Waals surface area contributed by atoms with E-state index in [1.54, 1.807) is 6.92 Å². The highest BCUT2D eigenvalue weighted by Crippen LogP contribution is 2.21. The summed E-state index contributed by atoms with van der Waals surface area (Å²) in [6.07, 6.45) is 0. The van der Waals surface area contributed by atoms with Gasteiger partial charge in [-0.2, -0.15) is 0 Å². The lowest BCUT2D eigenvalue weighted by atomic mass is 10.3. The first-order chi connectivity index (χ1) is 7.06. The zero-order valence-corrected chi connectivity index (χ0v) is 10.2. The molecule has 0 unspecified atom stereocenters. The Labute approximate surface area is 101 Å². The summed E-state index contributed by atoms with van der Waals surface area (Å²) in [4.78, 5) is 22.2. The van der Waals surface area contributed by atoms with Gasteiger partial charge in [0.25, 0.3) is 0 Å². The zero-order valence-electron chi connectivity index (χ0n) is 7.83. The van der Waals surface area contributed by atoms with Crippen LogP contribution >= 0.6 is 34.5 Å². The van der Waals surface area contributed by atoms with Crippen molar-refractivity contribution in [3.05, 3.63) is 21.9 Å². The molecular formula is C9H8Cl2O3S. The molecule has 6 heteroatoms. The number of alkyl halides is 2. The molecule has 0 atom stereocenters. The van der Waals surface area contributed by atoms with Crippen molar-refractivity contribution in [2.45, 2.75) is 11.8 Å². The van der Waals surface area contributed by atoms with Crippen LogP contribution in [0.2, 0.25) is 0 Å². The summed E-state index contributed by atoms with van der Waals surface area (Å²) in [6, 6.07) is 3.03. The second-order valence-electron chi connectivity index (χ2n) is 2.55. The minimum absolute atomic E-state index is 0.299. The van der Waals surface area contributed by atoms with Gasteiger partial charge in [-0.25, -0.2) is 4.79 Å². The second kappa shape index (κ2) is 5.49. The first kappa shape index (κ1) is 12.5. The van der Waals surface area contributed by atoms with Gasteiger partial charge in [0.1, 0.15) is 4.88 Å². The van der Waals surface area contributed by atoms with Crippen LogP contribution in [-0.4, -0.2) is 23.2 Å². The number of ketones is 1. The summed E-state index contributed by atoms with van der Waals surface area (Å²) >= 11 is 11.9. The Morgan fingerprint density at radius 3 is 2.53 bits per heavy atom. The Morgan fingerprint density at radius 2 is 2.00 bits per heavy atom. The highest BCUT2D eigenvalue weighted by atomic mass is 35.5. The molecule has 0 aliphatic rings. The first-order valence-corrected chi connectivity index (χ1v) is 5.84. The van der Waals surface area contributed by atoms with Crippen molar-refractivity contribution in [1.82, 2.24) is 0 Å². The van der Waals surface area contributed by atoms with Crippen molar-refractivity contribution < 1.29 is 14.3 Å². The van der Waals surface area contributed by atoms with Crippen molar-refractivity contribution in [1.29, 1.82) is 0 Å². The highest BCUT2D eigenvalue weighted by molar-refractivity contribution is 7.16. The number of hydrogen-bond donors (Lipinski definition) is 0. The lowest BCUT2D eigenvalue weighted by Crippen LogP contribution is -2.05. The van der Waals surface area contributed by atoms with Crippen LogP contribution in [0.25, 0.3) is 0 Å². The Kier molecular flexibility index (Phi) is 4.57. The van der Waals surface area contributed by atoms with E-state index in [1.807, 2.05) is 0 Å². The highest BCUT2D eigenvalue weighted by Gasteiger charge is 2.18. The van der Waals surface area contributed by atoms with E-state index < -0.39 is 16.6 Å². The lowest BCUT2D eigenvalue weighted by Gasteiger charge is -1.97. The molecule has 1 aromatic heterocycles. The molecule has 0 radical (unpaired) electrons. The predicted octanol–water partition coefficient (Wildman–Crippen LogP) is 2.91. The van der Waals surface area contributed by atoms with E-state index in [0.717, 1.165) is 11.3 Å². The van der Waals surface area contributed by atoms with Gasteiger partial charge in [-0.05, 0) is 19.1 Å². The maximum atomic E-state index is 11.3. The van der Waals surface area contributed by atoms with Crippen LogP contribution in [0, 0.1) is 0 Å². The van der Waals surface area contributed by atoms with Crippen molar-refractivity contribution >= 4 is 46.3 Å². The normalized spacial score (nSPS) is 10.4. The number of carbonyl (C=O) groups is 2. The molecule has 0 spiro atoms. The number of rotatable bonds is 4. The Balaban J connectivity index is 2.80. The second-order valence-corrected chi connectivity index (χ2v) is 4.73. The number of esters is 1. The van der Waals surface area contributed by atoms with Crippen LogP contribution in [0.5, 0.6) is 0 Å². The third-order valence-corrected chi connectivity index (χ3v) is 3.00. The minimum Gasteiger partial charge on any atom is -0.462 e. The predicted molar refractivity (Wildman–Crippen MR) is 60.1 cm³/mol. The molecule has 0 saturated carbocycles. The summed E-state index contributed by atoms with van der Waals surface area (Å²) in [7, 11) is 0. The summed E-state index contributed by atoms with van der Waals surface area (Å²) in [5.41, 5.74) is 0.